The van der Waals surface area contributed by atoms with Crippen molar-refractivity contribution >= 4 is 27.1 Å². The van der Waals surface area contributed by atoms with Crippen LogP contribution in [0.2, 0.25) is 0 Å². The molecule has 7 heteroatoms. The monoisotopic (exact) mass is 307 g/mol. The number of carboxylic acid groups (broad SMARTS) is 1. The molecule has 1 N–H and O–H groups in total. The summed E-state index contributed by atoms with van der Waals surface area (Å²) in [7, 11) is -2.14. The third-order valence-electron chi connectivity index (χ3n) is 3.70. The molecule has 1 aromatic rings. The van der Waals surface area contributed by atoms with E-state index in [1.54, 1.807) is 19.1 Å². The van der Waals surface area contributed by atoms with Gasteiger partial charge in [-0.2, -0.15) is 0 Å². The van der Waals surface area contributed by atoms with E-state index in [0.717, 1.165) is 0 Å². The predicted octanol–water partition coefficient (Wildman–Crippen LogP) is 1.16. The fraction of sp³-hybridized carbons (Fsp3) is 0.286. The topological polar surface area (TPSA) is 93.0 Å². The summed E-state index contributed by atoms with van der Waals surface area (Å²) < 4.78 is 29.9. The van der Waals surface area contributed by atoms with Gasteiger partial charge in [0.05, 0.1) is 23.8 Å². The number of aliphatic carboxylic acids is 1. The highest BCUT2D eigenvalue weighted by Gasteiger charge is 2.39. The second-order valence-corrected chi connectivity index (χ2v) is 6.93. The SMILES string of the molecule is COc1ccc2c(c1)S(=O)(=O)CC1=C2C(C)N=C1C(=O)O. The molecule has 1 unspecified atom stereocenters. The average molecular weight is 307 g/mol. The van der Waals surface area contributed by atoms with Gasteiger partial charge in [0.2, 0.25) is 0 Å². The molecule has 0 aromatic heterocycles. The Bertz CT molecular complexity index is 820. The van der Waals surface area contributed by atoms with Crippen LogP contribution in [-0.2, 0) is 14.6 Å². The molecule has 2 aliphatic rings. The molecule has 1 atom stereocenters. The molecule has 0 saturated heterocycles. The molecule has 2 aliphatic heterocycles. The third kappa shape index (κ3) is 1.96. The normalized spacial score (nSPS) is 22.4. The quantitative estimate of drug-likeness (QED) is 0.885. The van der Waals surface area contributed by atoms with Crippen molar-refractivity contribution in [2.75, 3.05) is 12.9 Å². The lowest BCUT2D eigenvalue weighted by atomic mass is 9.95. The van der Waals surface area contributed by atoms with E-state index >= 15 is 0 Å². The van der Waals surface area contributed by atoms with Crippen LogP contribution in [0.1, 0.15) is 12.5 Å². The molecular formula is C14H13NO5S. The Morgan fingerprint density at radius 2 is 2.14 bits per heavy atom. The molecule has 2 heterocycles. The van der Waals surface area contributed by atoms with Crippen molar-refractivity contribution in [3.05, 3.63) is 29.3 Å². The Kier molecular flexibility index (Phi) is 2.91. The molecular weight excluding hydrogens is 294 g/mol. The molecule has 0 bridgehead atoms. The van der Waals surface area contributed by atoms with E-state index < -0.39 is 15.8 Å². The van der Waals surface area contributed by atoms with Crippen LogP contribution in [-0.4, -0.2) is 44.1 Å². The first-order chi connectivity index (χ1) is 9.85. The molecule has 0 amide bonds. The van der Waals surface area contributed by atoms with Crippen molar-refractivity contribution < 1.29 is 23.1 Å². The van der Waals surface area contributed by atoms with E-state index in [0.29, 0.717) is 22.5 Å². The highest BCUT2D eigenvalue weighted by atomic mass is 32.2. The number of benzene rings is 1. The van der Waals surface area contributed by atoms with Crippen molar-refractivity contribution in [2.24, 2.45) is 4.99 Å². The Hall–Kier alpha value is -2.15. The lowest BCUT2D eigenvalue weighted by Gasteiger charge is -2.21. The number of sulfone groups is 1. The first-order valence-electron chi connectivity index (χ1n) is 6.31. The zero-order chi connectivity index (χ0) is 15.4. The Balaban J connectivity index is 2.29. The van der Waals surface area contributed by atoms with Crippen LogP contribution < -0.4 is 4.74 Å². The van der Waals surface area contributed by atoms with Gasteiger partial charge in [-0.25, -0.2) is 13.2 Å². The molecule has 3 rings (SSSR count). The summed E-state index contributed by atoms with van der Waals surface area (Å²) in [4.78, 5) is 15.5. The number of methoxy groups -OCH3 is 1. The lowest BCUT2D eigenvalue weighted by molar-refractivity contribution is -0.129. The molecule has 21 heavy (non-hydrogen) atoms. The fourth-order valence-corrected chi connectivity index (χ4v) is 4.45. The number of aliphatic imine (C=N–C) groups is 1. The van der Waals surface area contributed by atoms with Gasteiger partial charge in [0.15, 0.2) is 9.84 Å². The summed E-state index contributed by atoms with van der Waals surface area (Å²) in [6, 6.07) is 4.42. The number of hydrogen-bond acceptors (Lipinski definition) is 5. The number of carboxylic acids is 1. The Morgan fingerprint density at radius 3 is 2.76 bits per heavy atom. The van der Waals surface area contributed by atoms with Crippen molar-refractivity contribution in [3.8, 4) is 5.75 Å². The van der Waals surface area contributed by atoms with Gasteiger partial charge in [-0.1, -0.05) is 0 Å². The number of fused-ring (bicyclic) bond motifs is 2. The van der Waals surface area contributed by atoms with Crippen molar-refractivity contribution in [3.63, 3.8) is 0 Å². The molecule has 1 aromatic carbocycles. The van der Waals surface area contributed by atoms with E-state index in [2.05, 4.69) is 4.99 Å². The van der Waals surface area contributed by atoms with Crippen LogP contribution in [0.3, 0.4) is 0 Å². The molecule has 0 saturated carbocycles. The van der Waals surface area contributed by atoms with E-state index in [9.17, 15) is 18.3 Å². The van der Waals surface area contributed by atoms with Crippen molar-refractivity contribution in [1.82, 2.24) is 0 Å². The van der Waals surface area contributed by atoms with Crippen LogP contribution in [0.4, 0.5) is 0 Å². The summed E-state index contributed by atoms with van der Waals surface area (Å²) in [5.74, 6) is -1.08. The minimum Gasteiger partial charge on any atom is -0.497 e. The van der Waals surface area contributed by atoms with Gasteiger partial charge < -0.3 is 9.84 Å². The zero-order valence-corrected chi connectivity index (χ0v) is 12.3. The second-order valence-electron chi connectivity index (χ2n) is 4.97. The summed E-state index contributed by atoms with van der Waals surface area (Å²) >= 11 is 0. The van der Waals surface area contributed by atoms with Gasteiger partial charge in [-0.15, -0.1) is 0 Å². The number of hydrogen-bond donors (Lipinski definition) is 1. The molecule has 110 valence electrons. The lowest BCUT2D eigenvalue weighted by Crippen LogP contribution is -2.24. The number of carbonyl (C=O) groups is 1. The Morgan fingerprint density at radius 1 is 1.43 bits per heavy atom. The van der Waals surface area contributed by atoms with Gasteiger partial charge in [0.1, 0.15) is 11.5 Å². The second kappa shape index (κ2) is 4.42. The maximum absolute atomic E-state index is 12.4. The predicted molar refractivity (Wildman–Crippen MR) is 76.5 cm³/mol. The molecule has 6 nitrogen and oxygen atoms in total. The first kappa shape index (κ1) is 13.8. The standard InChI is InChI=1S/C14H13NO5S/c1-7-12-9-4-3-8(20-2)5-11(9)21(18,19)6-10(12)13(15-7)14(16)17/h3-5,7H,6H2,1-2H3,(H,16,17). The summed E-state index contributed by atoms with van der Waals surface area (Å²) in [6.07, 6.45) is 0. The van der Waals surface area contributed by atoms with E-state index in [4.69, 9.17) is 4.74 Å². The van der Waals surface area contributed by atoms with Crippen molar-refractivity contribution in [2.45, 2.75) is 17.9 Å². The average Bonchev–Trinajstić information content (AvgIpc) is 2.74. The number of rotatable bonds is 2. The van der Waals surface area contributed by atoms with Gasteiger partial charge in [0.25, 0.3) is 0 Å². The molecule has 0 spiro atoms. The Labute approximate surface area is 121 Å². The van der Waals surface area contributed by atoms with Gasteiger partial charge in [-0.05, 0) is 36.3 Å². The fourth-order valence-electron chi connectivity index (χ4n) is 2.81. The smallest absolute Gasteiger partial charge is 0.354 e. The maximum atomic E-state index is 12.4. The highest BCUT2D eigenvalue weighted by molar-refractivity contribution is 7.91. The number of ether oxygens (including phenoxy) is 1. The molecule has 0 fully saturated rings. The highest BCUT2D eigenvalue weighted by Crippen LogP contribution is 2.41. The zero-order valence-electron chi connectivity index (χ0n) is 11.5. The van der Waals surface area contributed by atoms with Crippen LogP contribution in [0.25, 0.3) is 5.57 Å². The minimum atomic E-state index is -3.60. The minimum absolute atomic E-state index is 0.150. The largest absolute Gasteiger partial charge is 0.497 e. The first-order valence-corrected chi connectivity index (χ1v) is 7.96. The summed E-state index contributed by atoms with van der Waals surface area (Å²) in [6.45, 7) is 1.76. The molecule has 0 aliphatic carbocycles. The van der Waals surface area contributed by atoms with E-state index in [-0.39, 0.29) is 22.4 Å². The van der Waals surface area contributed by atoms with Crippen LogP contribution in [0.15, 0.2) is 33.7 Å². The number of nitrogens with zero attached hydrogens (tertiary/aromatic N) is 1. The maximum Gasteiger partial charge on any atom is 0.354 e. The summed E-state index contributed by atoms with van der Waals surface area (Å²) in [5, 5.41) is 9.19. The summed E-state index contributed by atoms with van der Waals surface area (Å²) in [5.41, 5.74) is 1.35. The van der Waals surface area contributed by atoms with Crippen LogP contribution in [0.5, 0.6) is 5.75 Å². The van der Waals surface area contributed by atoms with Gasteiger partial charge in [-0.3, -0.25) is 4.99 Å². The molecule has 0 radical (unpaired) electrons. The van der Waals surface area contributed by atoms with Gasteiger partial charge in [0, 0.05) is 5.57 Å². The van der Waals surface area contributed by atoms with Gasteiger partial charge >= 0.3 is 5.97 Å². The third-order valence-corrected chi connectivity index (χ3v) is 5.38. The van der Waals surface area contributed by atoms with Crippen LogP contribution >= 0.6 is 0 Å². The van der Waals surface area contributed by atoms with E-state index in [1.165, 1.54) is 13.2 Å². The van der Waals surface area contributed by atoms with Crippen molar-refractivity contribution in [1.29, 1.82) is 0 Å². The van der Waals surface area contributed by atoms with E-state index in [1.807, 2.05) is 0 Å². The van der Waals surface area contributed by atoms with Crippen LogP contribution in [0, 0.1) is 0 Å².